The number of carbonyl (C=O) groups is 3. The first-order chi connectivity index (χ1) is 16.9. The first kappa shape index (κ1) is 23.0. The van der Waals surface area contributed by atoms with Crippen LogP contribution in [0.2, 0.25) is 0 Å². The average molecular weight is 479 g/mol. The van der Waals surface area contributed by atoms with Crippen molar-refractivity contribution >= 4 is 28.6 Å². The van der Waals surface area contributed by atoms with Gasteiger partial charge in [0.05, 0.1) is 13.2 Å². The van der Waals surface area contributed by atoms with E-state index in [1.165, 1.54) is 6.07 Å². The van der Waals surface area contributed by atoms with Crippen LogP contribution in [0.1, 0.15) is 23.2 Å². The van der Waals surface area contributed by atoms with Crippen molar-refractivity contribution in [3.05, 3.63) is 71.2 Å². The monoisotopic (exact) mass is 478 g/mol. The predicted octanol–water partition coefficient (Wildman–Crippen LogP) is 1.82. The number of amides is 3. The number of nitrogens with one attached hydrogen (secondary N) is 3. The Morgan fingerprint density at radius 1 is 1.14 bits per heavy atom. The van der Waals surface area contributed by atoms with Gasteiger partial charge in [0.1, 0.15) is 11.9 Å². The number of aromatic nitrogens is 1. The Labute approximate surface area is 201 Å². The molecule has 1 fully saturated rings. The molecule has 0 bridgehead atoms. The van der Waals surface area contributed by atoms with Crippen molar-refractivity contribution in [3.63, 3.8) is 0 Å². The molecule has 0 spiro atoms. The number of aromatic amines is 1. The quantitative estimate of drug-likeness (QED) is 0.451. The second-order valence-electron chi connectivity index (χ2n) is 9.01. The summed E-state index contributed by atoms with van der Waals surface area (Å²) in [6.07, 6.45) is -0.0795. The maximum atomic E-state index is 14.3. The van der Waals surface area contributed by atoms with Crippen molar-refractivity contribution in [1.29, 1.82) is 0 Å². The standard InChI is InChI=1S/C26H27FN4O4/c1-28-25(33)22-12-18-17-7-3-5-9-20(17)30-21(18)13-31(22)24(32)11-16(29-26(34)23-14-35-23)10-15-6-2-4-8-19(15)27/h2-9,16,22-23,30H,10-14H2,1H3,(H,28,33)(H,29,34)/t16-,22-,23?/m1/s1. The van der Waals surface area contributed by atoms with Crippen LogP contribution in [0.5, 0.6) is 0 Å². The maximum absolute atomic E-state index is 14.3. The Morgan fingerprint density at radius 3 is 2.63 bits per heavy atom. The van der Waals surface area contributed by atoms with Gasteiger partial charge in [-0.2, -0.15) is 0 Å². The fourth-order valence-corrected chi connectivity index (χ4v) is 4.80. The van der Waals surface area contributed by atoms with E-state index >= 15 is 0 Å². The molecule has 0 aliphatic carbocycles. The van der Waals surface area contributed by atoms with Gasteiger partial charge >= 0.3 is 0 Å². The van der Waals surface area contributed by atoms with Crippen LogP contribution < -0.4 is 10.6 Å². The Hall–Kier alpha value is -3.72. The molecule has 1 aromatic heterocycles. The number of ether oxygens (including phenoxy) is 1. The van der Waals surface area contributed by atoms with Crippen LogP contribution >= 0.6 is 0 Å². The molecule has 0 radical (unpaired) electrons. The van der Waals surface area contributed by atoms with E-state index in [0.29, 0.717) is 18.6 Å². The number of benzene rings is 2. The number of carbonyl (C=O) groups excluding carboxylic acids is 3. The number of hydrogen-bond acceptors (Lipinski definition) is 4. The Morgan fingerprint density at radius 2 is 1.89 bits per heavy atom. The highest BCUT2D eigenvalue weighted by Crippen LogP contribution is 2.31. The van der Waals surface area contributed by atoms with E-state index < -0.39 is 24.0 Å². The number of epoxide rings is 1. The summed E-state index contributed by atoms with van der Waals surface area (Å²) in [5.41, 5.74) is 3.28. The van der Waals surface area contributed by atoms with Crippen LogP contribution in [0.4, 0.5) is 4.39 Å². The highest BCUT2D eigenvalue weighted by molar-refractivity contribution is 5.92. The van der Waals surface area contributed by atoms with Gasteiger partial charge < -0.3 is 25.3 Å². The smallest absolute Gasteiger partial charge is 0.251 e. The summed E-state index contributed by atoms with van der Waals surface area (Å²) in [5, 5.41) is 6.54. The number of halogens is 1. The molecule has 35 heavy (non-hydrogen) atoms. The number of nitrogens with zero attached hydrogens (tertiary/aromatic N) is 1. The summed E-state index contributed by atoms with van der Waals surface area (Å²) < 4.78 is 19.4. The highest BCUT2D eigenvalue weighted by atomic mass is 19.1. The molecule has 3 atom stereocenters. The molecular formula is C26H27FN4O4. The van der Waals surface area contributed by atoms with E-state index in [1.807, 2.05) is 24.3 Å². The average Bonchev–Trinajstić information content (AvgIpc) is 3.65. The topological polar surface area (TPSA) is 107 Å². The molecule has 1 saturated heterocycles. The van der Waals surface area contributed by atoms with Crippen LogP contribution in [0, 0.1) is 5.82 Å². The van der Waals surface area contributed by atoms with Crippen molar-refractivity contribution in [2.24, 2.45) is 0 Å². The lowest BCUT2D eigenvalue weighted by atomic mass is 9.94. The van der Waals surface area contributed by atoms with Gasteiger partial charge in [-0.25, -0.2) is 4.39 Å². The molecule has 2 aliphatic heterocycles. The second kappa shape index (κ2) is 9.50. The molecule has 2 aromatic carbocycles. The minimum atomic E-state index is -0.684. The van der Waals surface area contributed by atoms with Gasteiger partial charge in [-0.3, -0.25) is 14.4 Å². The van der Waals surface area contributed by atoms with Crippen molar-refractivity contribution in [2.45, 2.75) is 44.0 Å². The normalized spacial score (nSPS) is 19.7. The van der Waals surface area contributed by atoms with E-state index in [9.17, 15) is 18.8 Å². The third-order valence-electron chi connectivity index (χ3n) is 6.69. The first-order valence-corrected chi connectivity index (χ1v) is 11.7. The molecule has 3 amide bonds. The predicted molar refractivity (Wildman–Crippen MR) is 127 cm³/mol. The first-order valence-electron chi connectivity index (χ1n) is 11.7. The molecule has 3 aromatic rings. The zero-order chi connectivity index (χ0) is 24.5. The van der Waals surface area contributed by atoms with Gasteiger partial charge in [0, 0.05) is 42.5 Å². The molecule has 3 heterocycles. The fourth-order valence-electron chi connectivity index (χ4n) is 4.80. The highest BCUT2D eigenvalue weighted by Gasteiger charge is 2.38. The minimum Gasteiger partial charge on any atom is -0.363 e. The Bertz CT molecular complexity index is 1290. The van der Waals surface area contributed by atoms with Crippen molar-refractivity contribution < 1.29 is 23.5 Å². The van der Waals surface area contributed by atoms with Gasteiger partial charge in [0.2, 0.25) is 11.8 Å². The van der Waals surface area contributed by atoms with Crippen LogP contribution in [0.25, 0.3) is 10.9 Å². The summed E-state index contributed by atoms with van der Waals surface area (Å²) in [6, 6.07) is 12.8. The zero-order valence-electron chi connectivity index (χ0n) is 19.3. The molecule has 8 nitrogen and oxygen atoms in total. The molecule has 5 rings (SSSR count). The van der Waals surface area contributed by atoms with Crippen LogP contribution in [0.3, 0.4) is 0 Å². The molecule has 2 aliphatic rings. The van der Waals surface area contributed by atoms with Crippen LogP contribution in [0.15, 0.2) is 48.5 Å². The van der Waals surface area contributed by atoms with Crippen molar-refractivity contribution in [3.8, 4) is 0 Å². The summed E-state index contributed by atoms with van der Waals surface area (Å²) in [4.78, 5) is 43.7. The molecular weight excluding hydrogens is 451 g/mol. The number of likely N-dealkylation sites (N-methyl/N-ethyl adjacent to an activating group) is 1. The molecule has 9 heteroatoms. The number of rotatable bonds is 7. The van der Waals surface area contributed by atoms with Crippen molar-refractivity contribution in [1.82, 2.24) is 20.5 Å². The summed E-state index contributed by atoms with van der Waals surface area (Å²) in [6.45, 7) is 0.577. The Kier molecular flexibility index (Phi) is 6.25. The van der Waals surface area contributed by atoms with Gasteiger partial charge in [0.15, 0.2) is 6.10 Å². The summed E-state index contributed by atoms with van der Waals surface area (Å²) in [5.74, 6) is -1.26. The van der Waals surface area contributed by atoms with Gasteiger partial charge in [-0.05, 0) is 29.7 Å². The number of hydrogen-bond donors (Lipinski definition) is 3. The SMILES string of the molecule is CNC(=O)[C@H]1Cc2c([nH]c3ccccc23)CN1C(=O)C[C@@H](Cc1ccccc1F)NC(=O)C1CO1. The summed E-state index contributed by atoms with van der Waals surface area (Å²) in [7, 11) is 1.55. The largest absolute Gasteiger partial charge is 0.363 e. The lowest BCUT2D eigenvalue weighted by Crippen LogP contribution is -2.53. The molecule has 182 valence electrons. The lowest BCUT2D eigenvalue weighted by Gasteiger charge is -2.35. The zero-order valence-corrected chi connectivity index (χ0v) is 19.3. The summed E-state index contributed by atoms with van der Waals surface area (Å²) >= 11 is 0. The van der Waals surface area contributed by atoms with Crippen LogP contribution in [-0.2, 0) is 38.5 Å². The maximum Gasteiger partial charge on any atom is 0.251 e. The molecule has 0 saturated carbocycles. The number of H-pyrrole nitrogens is 1. The second-order valence-corrected chi connectivity index (χ2v) is 9.01. The third kappa shape index (κ3) is 4.77. The molecule has 3 N–H and O–H groups in total. The Balaban J connectivity index is 1.40. The number of fused-ring (bicyclic) bond motifs is 3. The van der Waals surface area contributed by atoms with E-state index in [2.05, 4.69) is 15.6 Å². The molecule has 1 unspecified atom stereocenters. The van der Waals surface area contributed by atoms with E-state index in [4.69, 9.17) is 4.74 Å². The van der Waals surface area contributed by atoms with E-state index in [-0.39, 0.29) is 37.1 Å². The van der Waals surface area contributed by atoms with Crippen molar-refractivity contribution in [2.75, 3.05) is 13.7 Å². The van der Waals surface area contributed by atoms with Crippen LogP contribution in [-0.4, -0.2) is 59.4 Å². The number of para-hydroxylation sites is 1. The van der Waals surface area contributed by atoms with E-state index in [1.54, 1.807) is 30.1 Å². The van der Waals surface area contributed by atoms with E-state index in [0.717, 1.165) is 22.2 Å². The van der Waals surface area contributed by atoms with Gasteiger partial charge in [0.25, 0.3) is 5.91 Å². The van der Waals surface area contributed by atoms with Gasteiger partial charge in [-0.1, -0.05) is 36.4 Å². The lowest BCUT2D eigenvalue weighted by molar-refractivity contribution is -0.142. The fraction of sp³-hybridized carbons (Fsp3) is 0.346. The minimum absolute atomic E-state index is 0.0736. The van der Waals surface area contributed by atoms with Gasteiger partial charge in [-0.15, -0.1) is 0 Å². The third-order valence-corrected chi connectivity index (χ3v) is 6.69.